The van der Waals surface area contributed by atoms with Gasteiger partial charge in [0.25, 0.3) is 0 Å². The molecule has 21 heavy (non-hydrogen) atoms. The number of hydrogen-bond acceptors (Lipinski definition) is 7. The number of methoxy groups -OCH3 is 1. The highest BCUT2D eigenvalue weighted by Gasteiger charge is 2.11. The van der Waals surface area contributed by atoms with Crippen LogP contribution in [0.1, 0.15) is 0 Å². The van der Waals surface area contributed by atoms with E-state index in [1.165, 1.54) is 18.0 Å². The van der Waals surface area contributed by atoms with Crippen molar-refractivity contribution in [2.24, 2.45) is 0 Å². The van der Waals surface area contributed by atoms with Gasteiger partial charge in [-0.05, 0) is 6.07 Å². The van der Waals surface area contributed by atoms with E-state index in [9.17, 15) is 15.2 Å². The zero-order valence-electron chi connectivity index (χ0n) is 11.3. The molecule has 2 aromatic heterocycles. The first-order valence-electron chi connectivity index (χ1n) is 6.17. The Morgan fingerprint density at radius 3 is 2.90 bits per heavy atom. The van der Waals surface area contributed by atoms with Crippen LogP contribution in [0.3, 0.4) is 0 Å². The number of nitro groups is 1. The fraction of sp³-hybridized carbons (Fsp3) is 0.333. The molecule has 0 fully saturated rings. The summed E-state index contributed by atoms with van der Waals surface area (Å²) in [4.78, 5) is 14.0. The van der Waals surface area contributed by atoms with Gasteiger partial charge in [-0.1, -0.05) is 0 Å². The summed E-state index contributed by atoms with van der Waals surface area (Å²) in [5, 5.41) is 27.2. The molecular weight excluding hydrogens is 278 g/mol. The third-order valence-corrected chi connectivity index (χ3v) is 2.72. The van der Waals surface area contributed by atoms with Gasteiger partial charge in [0.1, 0.15) is 12.4 Å². The number of pyridine rings is 1. The summed E-state index contributed by atoms with van der Waals surface area (Å²) in [5.41, 5.74) is 0.635. The van der Waals surface area contributed by atoms with Crippen LogP contribution in [0.4, 0.5) is 11.4 Å². The Labute approximate surface area is 120 Å². The van der Waals surface area contributed by atoms with Crippen LogP contribution in [0.15, 0.2) is 30.7 Å². The molecule has 112 valence electrons. The minimum Gasteiger partial charge on any atom is -0.481 e. The first-order valence-corrected chi connectivity index (χ1v) is 6.17. The van der Waals surface area contributed by atoms with E-state index in [1.54, 1.807) is 18.3 Å². The number of aliphatic hydroxyl groups is 1. The molecule has 0 aromatic carbocycles. The molecule has 1 atom stereocenters. The number of ether oxygens (including phenoxy) is 1. The summed E-state index contributed by atoms with van der Waals surface area (Å²) in [5.74, 6) is 0.505. The summed E-state index contributed by atoms with van der Waals surface area (Å²) in [7, 11) is 1.53. The van der Waals surface area contributed by atoms with Crippen molar-refractivity contribution in [1.29, 1.82) is 0 Å². The van der Waals surface area contributed by atoms with Crippen LogP contribution in [0.25, 0.3) is 0 Å². The highest BCUT2D eigenvalue weighted by molar-refractivity contribution is 5.42. The maximum atomic E-state index is 10.5. The molecule has 9 heteroatoms. The molecule has 2 aromatic rings. The van der Waals surface area contributed by atoms with Crippen molar-refractivity contribution in [3.8, 4) is 5.88 Å². The van der Waals surface area contributed by atoms with Gasteiger partial charge in [0.2, 0.25) is 5.88 Å². The van der Waals surface area contributed by atoms with Crippen LogP contribution < -0.4 is 10.1 Å². The monoisotopic (exact) mass is 293 g/mol. The summed E-state index contributed by atoms with van der Waals surface area (Å²) >= 11 is 0. The van der Waals surface area contributed by atoms with Gasteiger partial charge in [-0.25, -0.2) is 4.98 Å². The molecule has 0 aliphatic carbocycles. The van der Waals surface area contributed by atoms with Crippen molar-refractivity contribution in [3.05, 3.63) is 40.8 Å². The Bertz CT molecular complexity index is 598. The van der Waals surface area contributed by atoms with Gasteiger partial charge in [0.05, 0.1) is 36.6 Å². The van der Waals surface area contributed by atoms with E-state index in [4.69, 9.17) is 4.74 Å². The largest absolute Gasteiger partial charge is 0.481 e. The van der Waals surface area contributed by atoms with Crippen molar-refractivity contribution in [1.82, 2.24) is 14.8 Å². The van der Waals surface area contributed by atoms with E-state index < -0.39 is 11.0 Å². The van der Waals surface area contributed by atoms with Gasteiger partial charge in [-0.3, -0.25) is 14.8 Å². The average molecular weight is 293 g/mol. The second kappa shape index (κ2) is 6.66. The van der Waals surface area contributed by atoms with Crippen LogP contribution in [0, 0.1) is 10.1 Å². The zero-order valence-corrected chi connectivity index (χ0v) is 11.3. The number of aliphatic hydroxyl groups excluding tert-OH is 1. The Morgan fingerprint density at radius 2 is 2.33 bits per heavy atom. The average Bonchev–Trinajstić information content (AvgIpc) is 2.94. The van der Waals surface area contributed by atoms with Crippen LogP contribution in [-0.2, 0) is 6.54 Å². The molecule has 2 N–H and O–H groups in total. The fourth-order valence-corrected chi connectivity index (χ4v) is 1.67. The Kier molecular flexibility index (Phi) is 4.67. The van der Waals surface area contributed by atoms with Gasteiger partial charge in [0, 0.05) is 12.6 Å². The maximum absolute atomic E-state index is 10.5. The van der Waals surface area contributed by atoms with Crippen molar-refractivity contribution < 1.29 is 14.8 Å². The Balaban J connectivity index is 1.83. The van der Waals surface area contributed by atoms with Crippen LogP contribution in [-0.4, -0.2) is 44.6 Å². The summed E-state index contributed by atoms with van der Waals surface area (Å²) < 4.78 is 6.27. The number of rotatable bonds is 7. The second-order valence-corrected chi connectivity index (χ2v) is 4.30. The number of nitrogens with zero attached hydrogens (tertiary/aromatic N) is 4. The van der Waals surface area contributed by atoms with E-state index in [0.29, 0.717) is 5.88 Å². The summed E-state index contributed by atoms with van der Waals surface area (Å²) in [6.07, 6.45) is 3.27. The van der Waals surface area contributed by atoms with Gasteiger partial charge >= 0.3 is 5.69 Å². The lowest BCUT2D eigenvalue weighted by molar-refractivity contribution is -0.385. The number of hydrogen-bond donors (Lipinski definition) is 2. The second-order valence-electron chi connectivity index (χ2n) is 4.30. The maximum Gasteiger partial charge on any atom is 0.306 e. The van der Waals surface area contributed by atoms with Crippen molar-refractivity contribution in [2.75, 3.05) is 19.0 Å². The molecule has 2 rings (SSSR count). The fourth-order valence-electron chi connectivity index (χ4n) is 1.67. The number of aromatic nitrogens is 3. The van der Waals surface area contributed by atoms with Crippen LogP contribution in [0.5, 0.6) is 5.88 Å². The predicted molar refractivity (Wildman–Crippen MR) is 74.2 cm³/mol. The topological polar surface area (TPSA) is 115 Å². The molecular formula is C12H15N5O4. The highest BCUT2D eigenvalue weighted by Crippen LogP contribution is 2.11. The normalized spacial score (nSPS) is 11.9. The lowest BCUT2D eigenvalue weighted by Crippen LogP contribution is -2.25. The molecule has 2 heterocycles. The van der Waals surface area contributed by atoms with E-state index in [-0.39, 0.29) is 18.8 Å². The SMILES string of the molecule is COc1ccc(NCC(O)Cn2cc([N+](=O)[O-])cn2)cn1. The predicted octanol–water partition coefficient (Wildman–Crippen LogP) is 0.668. The number of nitrogens with one attached hydrogen (secondary N) is 1. The molecule has 0 saturated carbocycles. The molecule has 0 aliphatic rings. The quantitative estimate of drug-likeness (QED) is 0.569. The zero-order chi connectivity index (χ0) is 15.2. The van der Waals surface area contributed by atoms with Crippen LogP contribution >= 0.6 is 0 Å². The van der Waals surface area contributed by atoms with Crippen molar-refractivity contribution in [2.45, 2.75) is 12.6 Å². The third-order valence-electron chi connectivity index (χ3n) is 2.72. The summed E-state index contributed by atoms with van der Waals surface area (Å²) in [6, 6.07) is 3.48. The van der Waals surface area contributed by atoms with Gasteiger partial charge in [-0.15, -0.1) is 0 Å². The molecule has 0 bridgehead atoms. The molecule has 0 radical (unpaired) electrons. The summed E-state index contributed by atoms with van der Waals surface area (Å²) in [6.45, 7) is 0.423. The van der Waals surface area contributed by atoms with Gasteiger partial charge < -0.3 is 15.2 Å². The first-order chi connectivity index (χ1) is 10.1. The minimum atomic E-state index is -0.744. The lowest BCUT2D eigenvalue weighted by Gasteiger charge is -2.12. The number of anilines is 1. The van der Waals surface area contributed by atoms with Crippen LogP contribution in [0.2, 0.25) is 0 Å². The van der Waals surface area contributed by atoms with Gasteiger partial charge in [0.15, 0.2) is 0 Å². The highest BCUT2D eigenvalue weighted by atomic mass is 16.6. The Hall–Kier alpha value is -2.68. The molecule has 1 unspecified atom stereocenters. The molecule has 0 spiro atoms. The first kappa shape index (κ1) is 14.7. The lowest BCUT2D eigenvalue weighted by atomic mass is 10.3. The van der Waals surface area contributed by atoms with E-state index >= 15 is 0 Å². The van der Waals surface area contributed by atoms with E-state index in [2.05, 4.69) is 15.4 Å². The van der Waals surface area contributed by atoms with Crippen molar-refractivity contribution >= 4 is 11.4 Å². The molecule has 9 nitrogen and oxygen atoms in total. The van der Waals surface area contributed by atoms with Crippen molar-refractivity contribution in [3.63, 3.8) is 0 Å². The smallest absolute Gasteiger partial charge is 0.306 e. The Morgan fingerprint density at radius 1 is 1.52 bits per heavy atom. The standard InChI is InChI=1S/C12H15N5O4/c1-21-12-3-2-9(4-14-12)13-6-11(18)8-16-7-10(5-15-16)17(19)20/h2-5,7,11,13,18H,6,8H2,1H3. The van der Waals surface area contributed by atoms with Gasteiger partial charge in [-0.2, -0.15) is 5.10 Å². The molecule has 0 saturated heterocycles. The third kappa shape index (κ3) is 4.14. The van der Waals surface area contributed by atoms with E-state index in [0.717, 1.165) is 11.9 Å². The minimum absolute atomic E-state index is 0.102. The molecule has 0 amide bonds. The molecule has 0 aliphatic heterocycles. The van der Waals surface area contributed by atoms with E-state index in [1.807, 2.05) is 0 Å².